The molecule has 1 aliphatic heterocycles. The molecule has 0 atom stereocenters. The van der Waals surface area contributed by atoms with Gasteiger partial charge in [-0.25, -0.2) is 4.98 Å². The number of benzene rings is 1. The fourth-order valence-electron chi connectivity index (χ4n) is 1.49. The number of halogens is 1. The number of aromatic nitrogens is 2. The molecule has 0 spiro atoms. The maximum atomic E-state index is 5.90. The van der Waals surface area contributed by atoms with Crippen molar-refractivity contribution in [3.8, 4) is 23.1 Å². The summed E-state index contributed by atoms with van der Waals surface area (Å²) in [4.78, 5) is 7.65. The molecule has 0 saturated heterocycles. The normalized spacial score (nSPS) is 12.5. The number of fused-ring (bicyclic) bond motifs is 1. The Labute approximate surface area is 107 Å². The van der Waals surface area contributed by atoms with Crippen LogP contribution in [0.15, 0.2) is 24.4 Å². The smallest absolute Gasteiger partial charge is 0.243 e. The molecule has 2 N–H and O–H groups in total. The minimum atomic E-state index is 0.0927. The molecule has 3 rings (SSSR count). The highest BCUT2D eigenvalue weighted by Crippen LogP contribution is 2.37. The van der Waals surface area contributed by atoms with Crippen LogP contribution >= 0.6 is 11.6 Å². The molecule has 92 valence electrons. The van der Waals surface area contributed by atoms with Crippen molar-refractivity contribution in [2.24, 2.45) is 0 Å². The zero-order valence-corrected chi connectivity index (χ0v) is 9.85. The number of rotatable bonds is 2. The van der Waals surface area contributed by atoms with Gasteiger partial charge in [-0.15, -0.1) is 0 Å². The first-order valence-corrected chi connectivity index (χ1v) is 5.46. The van der Waals surface area contributed by atoms with Gasteiger partial charge < -0.3 is 19.9 Å². The maximum Gasteiger partial charge on any atom is 0.243 e. The molecule has 2 aromatic rings. The standard InChI is InChI=1S/C11H8ClN3O3/c12-7-4-14-11(13)15-10(7)18-6-1-2-8-9(3-6)17-5-16-8/h1-4H,5H2,(H2,13,14,15). The lowest BCUT2D eigenvalue weighted by Gasteiger charge is -2.07. The highest BCUT2D eigenvalue weighted by Gasteiger charge is 2.15. The number of nitrogen functional groups attached to an aromatic ring is 1. The first-order chi connectivity index (χ1) is 8.72. The average molecular weight is 266 g/mol. The van der Waals surface area contributed by atoms with Crippen molar-refractivity contribution >= 4 is 17.5 Å². The van der Waals surface area contributed by atoms with Gasteiger partial charge in [0, 0.05) is 6.07 Å². The minimum absolute atomic E-state index is 0.0927. The highest BCUT2D eigenvalue weighted by atomic mass is 35.5. The summed E-state index contributed by atoms with van der Waals surface area (Å²) in [5, 5.41) is 0.280. The lowest BCUT2D eigenvalue weighted by atomic mass is 10.3. The molecule has 0 saturated carbocycles. The number of anilines is 1. The summed E-state index contributed by atoms with van der Waals surface area (Å²) in [5.74, 6) is 2.11. The van der Waals surface area contributed by atoms with Gasteiger partial charge >= 0.3 is 0 Å². The first kappa shape index (κ1) is 10.9. The quantitative estimate of drug-likeness (QED) is 0.897. The van der Waals surface area contributed by atoms with Crippen molar-refractivity contribution in [1.82, 2.24) is 9.97 Å². The predicted octanol–water partition coefficient (Wildman–Crippen LogP) is 2.23. The first-order valence-electron chi connectivity index (χ1n) is 5.08. The third-order valence-electron chi connectivity index (χ3n) is 2.29. The Hall–Kier alpha value is -2.21. The molecule has 1 aromatic carbocycles. The van der Waals surface area contributed by atoms with E-state index in [1.165, 1.54) is 6.20 Å². The second-order valence-electron chi connectivity index (χ2n) is 3.50. The molecule has 6 nitrogen and oxygen atoms in total. The summed E-state index contributed by atoms with van der Waals surface area (Å²) in [5.41, 5.74) is 5.47. The molecule has 0 bridgehead atoms. The largest absolute Gasteiger partial charge is 0.454 e. The fraction of sp³-hybridized carbons (Fsp3) is 0.0909. The van der Waals surface area contributed by atoms with Crippen LogP contribution in [0.2, 0.25) is 5.02 Å². The van der Waals surface area contributed by atoms with Gasteiger partial charge in [0.25, 0.3) is 0 Å². The zero-order valence-electron chi connectivity index (χ0n) is 9.09. The summed E-state index contributed by atoms with van der Waals surface area (Å²) in [7, 11) is 0. The van der Waals surface area contributed by atoms with Crippen molar-refractivity contribution in [2.75, 3.05) is 12.5 Å². The molecule has 2 heterocycles. The van der Waals surface area contributed by atoms with Gasteiger partial charge in [-0.05, 0) is 12.1 Å². The Morgan fingerprint density at radius 3 is 3.00 bits per heavy atom. The van der Waals surface area contributed by atoms with E-state index in [0.29, 0.717) is 17.2 Å². The van der Waals surface area contributed by atoms with Crippen LogP contribution in [0.3, 0.4) is 0 Å². The van der Waals surface area contributed by atoms with Crippen molar-refractivity contribution in [2.45, 2.75) is 0 Å². The Bertz CT molecular complexity index is 606. The molecule has 0 radical (unpaired) electrons. The van der Waals surface area contributed by atoms with Crippen LogP contribution in [0.1, 0.15) is 0 Å². The number of nitrogens with two attached hydrogens (primary N) is 1. The average Bonchev–Trinajstić information content (AvgIpc) is 2.81. The van der Waals surface area contributed by atoms with Crippen LogP contribution < -0.4 is 19.9 Å². The Morgan fingerprint density at radius 2 is 2.11 bits per heavy atom. The van der Waals surface area contributed by atoms with Gasteiger partial charge in [-0.1, -0.05) is 11.6 Å². The summed E-state index contributed by atoms with van der Waals surface area (Å²) < 4.78 is 16.0. The third kappa shape index (κ3) is 1.98. The summed E-state index contributed by atoms with van der Waals surface area (Å²) in [6.45, 7) is 0.208. The molecule has 0 amide bonds. The van der Waals surface area contributed by atoms with E-state index in [-0.39, 0.29) is 23.6 Å². The van der Waals surface area contributed by atoms with E-state index in [2.05, 4.69) is 9.97 Å². The Kier molecular flexibility index (Phi) is 2.56. The van der Waals surface area contributed by atoms with Gasteiger partial charge in [0.05, 0.1) is 6.20 Å². The molecule has 0 unspecified atom stereocenters. The van der Waals surface area contributed by atoms with E-state index in [1.807, 2.05) is 0 Å². The molecular formula is C11H8ClN3O3. The van der Waals surface area contributed by atoms with Crippen LogP contribution in [-0.4, -0.2) is 16.8 Å². The van der Waals surface area contributed by atoms with Crippen LogP contribution in [0.5, 0.6) is 23.1 Å². The number of ether oxygens (including phenoxy) is 3. The lowest BCUT2D eigenvalue weighted by molar-refractivity contribution is 0.174. The van der Waals surface area contributed by atoms with Crippen LogP contribution in [0.25, 0.3) is 0 Å². The molecule has 1 aliphatic rings. The van der Waals surface area contributed by atoms with Gasteiger partial charge in [-0.3, -0.25) is 0 Å². The highest BCUT2D eigenvalue weighted by molar-refractivity contribution is 6.31. The van der Waals surface area contributed by atoms with Crippen molar-refractivity contribution in [1.29, 1.82) is 0 Å². The fourth-order valence-corrected chi connectivity index (χ4v) is 1.62. The van der Waals surface area contributed by atoms with Crippen LogP contribution in [-0.2, 0) is 0 Å². The maximum absolute atomic E-state index is 5.90. The SMILES string of the molecule is Nc1ncc(Cl)c(Oc2ccc3c(c2)OCO3)n1. The number of nitrogens with zero attached hydrogens (tertiary/aromatic N) is 2. The topological polar surface area (TPSA) is 79.5 Å². The van der Waals surface area contributed by atoms with Crippen molar-refractivity contribution < 1.29 is 14.2 Å². The van der Waals surface area contributed by atoms with E-state index in [1.54, 1.807) is 18.2 Å². The van der Waals surface area contributed by atoms with Crippen LogP contribution in [0.4, 0.5) is 5.95 Å². The van der Waals surface area contributed by atoms with E-state index < -0.39 is 0 Å². The van der Waals surface area contributed by atoms with E-state index >= 15 is 0 Å². The van der Waals surface area contributed by atoms with Crippen molar-refractivity contribution in [3.63, 3.8) is 0 Å². The lowest BCUT2D eigenvalue weighted by Crippen LogP contribution is -1.97. The molecule has 1 aromatic heterocycles. The van der Waals surface area contributed by atoms with Crippen molar-refractivity contribution in [3.05, 3.63) is 29.4 Å². The number of hydrogen-bond acceptors (Lipinski definition) is 6. The molecule has 0 aliphatic carbocycles. The van der Waals surface area contributed by atoms with E-state index in [4.69, 9.17) is 31.5 Å². The van der Waals surface area contributed by atoms with Gasteiger partial charge in [0.1, 0.15) is 10.8 Å². The molecule has 0 fully saturated rings. The monoisotopic (exact) mass is 265 g/mol. The second kappa shape index (κ2) is 4.23. The summed E-state index contributed by atoms with van der Waals surface area (Å²) in [6.07, 6.45) is 1.38. The van der Waals surface area contributed by atoms with Crippen LogP contribution in [0, 0.1) is 0 Å². The van der Waals surface area contributed by atoms with E-state index in [9.17, 15) is 0 Å². The summed E-state index contributed by atoms with van der Waals surface area (Å²) >= 11 is 5.90. The second-order valence-corrected chi connectivity index (χ2v) is 3.91. The third-order valence-corrected chi connectivity index (χ3v) is 2.55. The predicted molar refractivity (Wildman–Crippen MR) is 64.1 cm³/mol. The molecule has 7 heteroatoms. The van der Waals surface area contributed by atoms with Gasteiger partial charge in [0.15, 0.2) is 11.5 Å². The van der Waals surface area contributed by atoms with Gasteiger partial charge in [0.2, 0.25) is 18.6 Å². The van der Waals surface area contributed by atoms with Gasteiger partial charge in [-0.2, -0.15) is 4.98 Å². The van der Waals surface area contributed by atoms with E-state index in [0.717, 1.165) is 0 Å². The summed E-state index contributed by atoms with van der Waals surface area (Å²) in [6, 6.07) is 5.16. The Balaban J connectivity index is 1.90. The number of hydrogen-bond donors (Lipinski definition) is 1. The zero-order chi connectivity index (χ0) is 12.5. The minimum Gasteiger partial charge on any atom is -0.454 e. The molecule has 18 heavy (non-hydrogen) atoms. The molecular weight excluding hydrogens is 258 g/mol. The Morgan fingerprint density at radius 1 is 1.28 bits per heavy atom.